The molecule has 2 aromatic carbocycles. The van der Waals surface area contributed by atoms with Crippen LogP contribution in [-0.2, 0) is 15.7 Å². The molecule has 166 valence electrons. The van der Waals surface area contributed by atoms with Crippen molar-refractivity contribution in [3.63, 3.8) is 0 Å². The number of likely N-dealkylation sites (tertiary alicyclic amines) is 1. The van der Waals surface area contributed by atoms with E-state index in [0.717, 1.165) is 30.5 Å². The fraction of sp³-hybridized carbons (Fsp3) is 0.500. The van der Waals surface area contributed by atoms with Crippen molar-refractivity contribution in [3.05, 3.63) is 71.8 Å². The van der Waals surface area contributed by atoms with Gasteiger partial charge in [-0.2, -0.15) is 8.42 Å². The van der Waals surface area contributed by atoms with Gasteiger partial charge in [-0.3, -0.25) is 9.45 Å². The summed E-state index contributed by atoms with van der Waals surface area (Å²) in [5.41, 5.74) is 1.06. The lowest BCUT2D eigenvalue weighted by Crippen LogP contribution is -2.44. The first-order valence-electron chi connectivity index (χ1n) is 10.6. The van der Waals surface area contributed by atoms with E-state index in [9.17, 15) is 13.5 Å². The summed E-state index contributed by atoms with van der Waals surface area (Å²) >= 11 is 0. The third-order valence-corrected chi connectivity index (χ3v) is 5.83. The zero-order valence-electron chi connectivity index (χ0n) is 18.2. The third kappa shape index (κ3) is 7.51. The second kappa shape index (κ2) is 11.0. The van der Waals surface area contributed by atoms with Crippen LogP contribution in [0.2, 0.25) is 0 Å². The molecule has 2 aromatic rings. The summed E-state index contributed by atoms with van der Waals surface area (Å²) < 4.78 is 25.9. The molecule has 6 heteroatoms. The van der Waals surface area contributed by atoms with Crippen molar-refractivity contribution < 1.29 is 18.1 Å². The molecule has 2 N–H and O–H groups in total. The normalized spacial score (nSPS) is 20.3. The van der Waals surface area contributed by atoms with E-state index < -0.39 is 15.7 Å². The van der Waals surface area contributed by atoms with Gasteiger partial charge in [-0.05, 0) is 57.2 Å². The van der Waals surface area contributed by atoms with Gasteiger partial charge in [0, 0.05) is 12.1 Å². The van der Waals surface area contributed by atoms with E-state index in [1.54, 1.807) is 0 Å². The first kappa shape index (κ1) is 24.5. The van der Waals surface area contributed by atoms with Gasteiger partial charge in [-0.15, -0.1) is 0 Å². The average Bonchev–Trinajstić information content (AvgIpc) is 2.70. The summed E-state index contributed by atoms with van der Waals surface area (Å²) in [6.07, 6.45) is 6.40. The summed E-state index contributed by atoms with van der Waals surface area (Å²) in [6, 6.07) is 21.5. The van der Waals surface area contributed by atoms with Gasteiger partial charge in [0.05, 0.1) is 6.26 Å². The van der Waals surface area contributed by atoms with Gasteiger partial charge >= 0.3 is 0 Å². The van der Waals surface area contributed by atoms with E-state index in [-0.39, 0.29) is 0 Å². The summed E-state index contributed by atoms with van der Waals surface area (Å²) in [4.78, 5) is 2.62. The molecule has 1 saturated heterocycles. The van der Waals surface area contributed by atoms with Crippen molar-refractivity contribution in [1.29, 1.82) is 0 Å². The number of hydrogen-bond donors (Lipinski definition) is 2. The van der Waals surface area contributed by atoms with Crippen LogP contribution in [0.3, 0.4) is 0 Å². The predicted molar refractivity (Wildman–Crippen MR) is 122 cm³/mol. The zero-order valence-corrected chi connectivity index (χ0v) is 19.1. The minimum atomic E-state index is -3.67. The van der Waals surface area contributed by atoms with Gasteiger partial charge in [0.15, 0.2) is 0 Å². The Kier molecular flexibility index (Phi) is 9.04. The lowest BCUT2D eigenvalue weighted by molar-refractivity contribution is 0.0522. The van der Waals surface area contributed by atoms with E-state index in [2.05, 4.69) is 18.7 Å². The van der Waals surface area contributed by atoms with Crippen LogP contribution in [0.15, 0.2) is 60.7 Å². The Labute approximate surface area is 181 Å². The van der Waals surface area contributed by atoms with Gasteiger partial charge in [-0.1, -0.05) is 67.1 Å². The van der Waals surface area contributed by atoms with Gasteiger partial charge in [0.2, 0.25) is 0 Å². The Hall–Kier alpha value is -1.73. The minimum Gasteiger partial charge on any atom is -0.380 e. The van der Waals surface area contributed by atoms with Crippen molar-refractivity contribution in [2.75, 3.05) is 12.8 Å². The van der Waals surface area contributed by atoms with Crippen LogP contribution in [0, 0.1) is 0 Å². The van der Waals surface area contributed by atoms with E-state index in [1.807, 2.05) is 60.7 Å². The van der Waals surface area contributed by atoms with Gasteiger partial charge in [-0.25, -0.2) is 0 Å². The molecular formula is C24H35NO4S. The van der Waals surface area contributed by atoms with E-state index in [4.69, 9.17) is 4.55 Å². The smallest absolute Gasteiger partial charge is 0.261 e. The monoisotopic (exact) mass is 433 g/mol. The fourth-order valence-corrected chi connectivity index (χ4v) is 4.32. The molecule has 0 spiro atoms. The largest absolute Gasteiger partial charge is 0.380 e. The molecule has 5 nitrogen and oxygen atoms in total. The Balaban J connectivity index is 0.000000575. The molecule has 30 heavy (non-hydrogen) atoms. The van der Waals surface area contributed by atoms with Gasteiger partial charge in [0.1, 0.15) is 5.60 Å². The maximum atomic E-state index is 11.6. The lowest BCUT2D eigenvalue weighted by Gasteiger charge is -2.40. The number of rotatable bonds is 6. The van der Waals surface area contributed by atoms with Crippen LogP contribution < -0.4 is 0 Å². The Morgan fingerprint density at radius 3 is 1.73 bits per heavy atom. The highest BCUT2D eigenvalue weighted by atomic mass is 32.2. The van der Waals surface area contributed by atoms with Crippen molar-refractivity contribution in [3.8, 4) is 0 Å². The number of nitrogens with zero attached hydrogens (tertiary/aromatic N) is 1. The van der Waals surface area contributed by atoms with E-state index in [1.165, 1.54) is 19.3 Å². The maximum absolute atomic E-state index is 11.6. The van der Waals surface area contributed by atoms with Crippen LogP contribution in [0.4, 0.5) is 0 Å². The zero-order chi connectivity index (χ0) is 22.2. The number of benzene rings is 2. The van der Waals surface area contributed by atoms with Crippen LogP contribution in [0.25, 0.3) is 0 Å². The molecule has 0 amide bonds. The molecule has 1 heterocycles. The SMILES string of the molecule is CC1CCCC(C)N1CCCC(O)(c1ccccc1)c1ccccc1.CS(=O)(=O)O. The fourth-order valence-electron chi connectivity index (χ4n) is 4.32. The van der Waals surface area contributed by atoms with Crippen molar-refractivity contribution in [1.82, 2.24) is 4.90 Å². The quantitative estimate of drug-likeness (QED) is 0.657. The molecular weight excluding hydrogens is 398 g/mol. The molecule has 0 aromatic heterocycles. The summed E-state index contributed by atoms with van der Waals surface area (Å²) in [5.74, 6) is 0. The Bertz CT molecular complexity index is 798. The second-order valence-electron chi connectivity index (χ2n) is 8.30. The molecule has 2 atom stereocenters. The standard InChI is InChI=1S/C23H31NO.CH4O3S/c1-19-11-9-12-20(2)24(19)18-10-17-23(25,21-13-5-3-6-14-21)22-15-7-4-8-16-22;1-5(2,3)4/h3-8,13-16,19-20,25H,9-12,17-18H2,1-2H3;1H3,(H,2,3,4). The molecule has 2 unspecified atom stereocenters. The van der Waals surface area contributed by atoms with Crippen molar-refractivity contribution in [2.45, 2.75) is 63.6 Å². The second-order valence-corrected chi connectivity index (χ2v) is 9.76. The summed E-state index contributed by atoms with van der Waals surface area (Å²) in [7, 11) is -3.67. The topological polar surface area (TPSA) is 77.8 Å². The van der Waals surface area contributed by atoms with E-state index >= 15 is 0 Å². The highest BCUT2D eigenvalue weighted by molar-refractivity contribution is 7.85. The first-order valence-corrected chi connectivity index (χ1v) is 12.5. The number of piperidine rings is 1. The lowest BCUT2D eigenvalue weighted by atomic mass is 9.82. The van der Waals surface area contributed by atoms with Crippen molar-refractivity contribution in [2.24, 2.45) is 0 Å². The van der Waals surface area contributed by atoms with Crippen molar-refractivity contribution >= 4 is 10.1 Å². The van der Waals surface area contributed by atoms with Gasteiger partial charge < -0.3 is 5.11 Å². The highest BCUT2D eigenvalue weighted by Crippen LogP contribution is 2.34. The molecule has 0 radical (unpaired) electrons. The number of aliphatic hydroxyl groups is 1. The summed E-state index contributed by atoms with van der Waals surface area (Å²) in [5, 5.41) is 11.6. The molecule has 1 aliphatic heterocycles. The van der Waals surface area contributed by atoms with Crippen LogP contribution >= 0.6 is 0 Å². The van der Waals surface area contributed by atoms with Crippen LogP contribution in [0.5, 0.6) is 0 Å². The molecule has 3 rings (SSSR count). The van der Waals surface area contributed by atoms with Crippen LogP contribution in [-0.4, -0.2) is 47.9 Å². The maximum Gasteiger partial charge on any atom is 0.261 e. The molecule has 0 aliphatic carbocycles. The first-order chi connectivity index (χ1) is 14.1. The van der Waals surface area contributed by atoms with E-state index in [0.29, 0.717) is 18.3 Å². The van der Waals surface area contributed by atoms with Gasteiger partial charge in [0.25, 0.3) is 10.1 Å². The molecule has 1 fully saturated rings. The minimum absolute atomic E-state index is 0.658. The molecule has 0 saturated carbocycles. The highest BCUT2D eigenvalue weighted by Gasteiger charge is 2.32. The van der Waals surface area contributed by atoms with Crippen LogP contribution in [0.1, 0.15) is 57.1 Å². The summed E-state index contributed by atoms with van der Waals surface area (Å²) in [6.45, 7) is 5.75. The molecule has 0 bridgehead atoms. The Morgan fingerprint density at radius 1 is 0.933 bits per heavy atom. The number of hydrogen-bond acceptors (Lipinski definition) is 4. The Morgan fingerprint density at radius 2 is 1.33 bits per heavy atom. The molecule has 1 aliphatic rings. The predicted octanol–water partition coefficient (Wildman–Crippen LogP) is 4.47. The average molecular weight is 434 g/mol. The third-order valence-electron chi connectivity index (χ3n) is 5.83.